The van der Waals surface area contributed by atoms with Crippen molar-refractivity contribution in [2.75, 3.05) is 5.32 Å². The summed E-state index contributed by atoms with van der Waals surface area (Å²) < 4.78 is 17.2. The Kier molecular flexibility index (Phi) is 2.44. The Labute approximate surface area is 80.5 Å². The van der Waals surface area contributed by atoms with Crippen LogP contribution in [-0.4, -0.2) is 5.16 Å². The summed E-state index contributed by atoms with van der Waals surface area (Å²) in [6.07, 6.45) is 1.49. The Morgan fingerprint density at radius 3 is 2.64 bits per heavy atom. The average Bonchev–Trinajstić information content (AvgIpc) is 2.70. The Morgan fingerprint density at radius 1 is 1.21 bits per heavy atom. The van der Waals surface area contributed by atoms with E-state index in [0.29, 0.717) is 12.4 Å². The molecule has 0 spiro atoms. The van der Waals surface area contributed by atoms with Crippen molar-refractivity contribution < 1.29 is 8.91 Å². The number of aromatic nitrogens is 1. The highest BCUT2D eigenvalue weighted by molar-refractivity contribution is 5.32. The molecule has 0 fully saturated rings. The van der Waals surface area contributed by atoms with Crippen molar-refractivity contribution in [3.05, 3.63) is 48.0 Å². The normalized spacial score (nSPS) is 10.1. The fraction of sp³-hybridized carbons (Fsp3) is 0.100. The predicted octanol–water partition coefficient (Wildman–Crippen LogP) is 2.43. The van der Waals surface area contributed by atoms with Gasteiger partial charge in [0.25, 0.3) is 0 Å². The molecule has 0 unspecified atom stereocenters. The van der Waals surface area contributed by atoms with Gasteiger partial charge in [-0.15, -0.1) is 0 Å². The van der Waals surface area contributed by atoms with Crippen molar-refractivity contribution in [3.8, 4) is 0 Å². The van der Waals surface area contributed by atoms with Crippen molar-refractivity contribution in [3.63, 3.8) is 0 Å². The number of rotatable bonds is 3. The number of benzene rings is 1. The molecule has 0 atom stereocenters. The fourth-order valence-corrected chi connectivity index (χ4v) is 1.10. The van der Waals surface area contributed by atoms with Gasteiger partial charge in [-0.1, -0.05) is 17.3 Å². The first kappa shape index (κ1) is 8.74. The summed E-state index contributed by atoms with van der Waals surface area (Å²) in [5.74, 6) is 0.449. The topological polar surface area (TPSA) is 38.1 Å². The molecular weight excluding hydrogens is 183 g/mol. The van der Waals surface area contributed by atoms with Gasteiger partial charge in [0.2, 0.25) is 0 Å². The second kappa shape index (κ2) is 3.91. The maximum absolute atomic E-state index is 12.6. The summed E-state index contributed by atoms with van der Waals surface area (Å²) in [4.78, 5) is 0. The van der Waals surface area contributed by atoms with Crippen LogP contribution >= 0.6 is 0 Å². The number of hydrogen-bond acceptors (Lipinski definition) is 3. The summed E-state index contributed by atoms with van der Waals surface area (Å²) in [6.45, 7) is 0.604. The lowest BCUT2D eigenvalue weighted by Crippen LogP contribution is -1.99. The van der Waals surface area contributed by atoms with Gasteiger partial charge in [0.15, 0.2) is 5.82 Å². The summed E-state index contributed by atoms with van der Waals surface area (Å²) >= 11 is 0. The molecule has 14 heavy (non-hydrogen) atoms. The van der Waals surface area contributed by atoms with E-state index < -0.39 is 0 Å². The molecule has 0 amide bonds. The minimum Gasteiger partial charge on any atom is -0.363 e. The van der Waals surface area contributed by atoms with Crippen LogP contribution in [0.4, 0.5) is 10.2 Å². The van der Waals surface area contributed by atoms with E-state index in [1.165, 1.54) is 18.4 Å². The van der Waals surface area contributed by atoms with Gasteiger partial charge in [0, 0.05) is 12.6 Å². The van der Waals surface area contributed by atoms with Crippen LogP contribution < -0.4 is 5.32 Å². The van der Waals surface area contributed by atoms with Crippen molar-refractivity contribution in [2.45, 2.75) is 6.54 Å². The number of hydrogen-bond donors (Lipinski definition) is 1. The molecular formula is C10H9FN2O. The van der Waals surface area contributed by atoms with Crippen molar-refractivity contribution in [1.82, 2.24) is 5.16 Å². The zero-order valence-electron chi connectivity index (χ0n) is 7.40. The van der Waals surface area contributed by atoms with Crippen molar-refractivity contribution in [1.29, 1.82) is 0 Å². The number of halogens is 1. The average molecular weight is 192 g/mol. The minimum absolute atomic E-state index is 0.227. The lowest BCUT2D eigenvalue weighted by Gasteiger charge is -2.01. The van der Waals surface area contributed by atoms with Gasteiger partial charge in [-0.3, -0.25) is 0 Å². The molecule has 2 aromatic rings. The molecule has 0 aliphatic carbocycles. The van der Waals surface area contributed by atoms with Crippen LogP contribution in [-0.2, 0) is 6.54 Å². The maximum atomic E-state index is 12.6. The molecule has 3 nitrogen and oxygen atoms in total. The highest BCUT2D eigenvalue weighted by Crippen LogP contribution is 2.06. The molecule has 0 bridgehead atoms. The fourth-order valence-electron chi connectivity index (χ4n) is 1.10. The van der Waals surface area contributed by atoms with Crippen LogP contribution in [0.5, 0.6) is 0 Å². The summed E-state index contributed by atoms with van der Waals surface area (Å²) in [7, 11) is 0. The van der Waals surface area contributed by atoms with Gasteiger partial charge in [0.1, 0.15) is 12.1 Å². The first-order valence-corrected chi connectivity index (χ1v) is 4.23. The zero-order valence-corrected chi connectivity index (χ0v) is 7.40. The molecule has 4 heteroatoms. The zero-order chi connectivity index (χ0) is 9.80. The third-order valence-corrected chi connectivity index (χ3v) is 1.82. The van der Waals surface area contributed by atoms with E-state index >= 15 is 0 Å². The standard InChI is InChI=1S/C10H9FN2O/c11-9-3-1-8(2-4-9)7-12-10-5-6-14-13-10/h1-6H,7H2,(H,12,13). The lowest BCUT2D eigenvalue weighted by atomic mass is 10.2. The summed E-state index contributed by atoms with van der Waals surface area (Å²) in [6, 6.07) is 8.04. The third kappa shape index (κ3) is 2.10. The first-order chi connectivity index (χ1) is 6.84. The van der Waals surface area contributed by atoms with Crippen LogP contribution in [0.15, 0.2) is 41.1 Å². The number of anilines is 1. The molecule has 0 radical (unpaired) electrons. The highest BCUT2D eigenvalue weighted by atomic mass is 19.1. The second-order valence-corrected chi connectivity index (χ2v) is 2.86. The van der Waals surface area contributed by atoms with Gasteiger partial charge >= 0.3 is 0 Å². The van der Waals surface area contributed by atoms with Crippen LogP contribution in [0.2, 0.25) is 0 Å². The monoisotopic (exact) mass is 192 g/mol. The van der Waals surface area contributed by atoms with E-state index in [-0.39, 0.29) is 5.82 Å². The van der Waals surface area contributed by atoms with Gasteiger partial charge in [-0.2, -0.15) is 0 Å². The van der Waals surface area contributed by atoms with E-state index in [1.54, 1.807) is 18.2 Å². The lowest BCUT2D eigenvalue weighted by molar-refractivity contribution is 0.422. The van der Waals surface area contributed by atoms with Gasteiger partial charge in [0.05, 0.1) is 0 Å². The smallest absolute Gasteiger partial charge is 0.169 e. The Morgan fingerprint density at radius 2 is 2.00 bits per heavy atom. The molecule has 1 aromatic carbocycles. The summed E-state index contributed by atoms with van der Waals surface area (Å²) in [5, 5.41) is 6.72. The molecule has 0 saturated carbocycles. The van der Waals surface area contributed by atoms with Crippen molar-refractivity contribution >= 4 is 5.82 Å². The van der Waals surface area contributed by atoms with Gasteiger partial charge in [-0.05, 0) is 17.7 Å². The van der Waals surface area contributed by atoms with Gasteiger partial charge < -0.3 is 9.84 Å². The third-order valence-electron chi connectivity index (χ3n) is 1.82. The van der Waals surface area contributed by atoms with E-state index in [0.717, 1.165) is 5.56 Å². The van der Waals surface area contributed by atoms with Crippen LogP contribution in [0.3, 0.4) is 0 Å². The first-order valence-electron chi connectivity index (χ1n) is 4.23. The maximum Gasteiger partial charge on any atom is 0.169 e. The Hall–Kier alpha value is -1.84. The van der Waals surface area contributed by atoms with E-state index in [9.17, 15) is 4.39 Å². The van der Waals surface area contributed by atoms with Crippen LogP contribution in [0, 0.1) is 5.82 Å². The van der Waals surface area contributed by atoms with E-state index in [4.69, 9.17) is 0 Å². The quantitative estimate of drug-likeness (QED) is 0.811. The van der Waals surface area contributed by atoms with Gasteiger partial charge in [-0.25, -0.2) is 4.39 Å². The molecule has 1 aromatic heterocycles. The number of nitrogens with one attached hydrogen (secondary N) is 1. The molecule has 1 heterocycles. The van der Waals surface area contributed by atoms with Crippen LogP contribution in [0.1, 0.15) is 5.56 Å². The molecule has 0 aliphatic rings. The van der Waals surface area contributed by atoms with Crippen LogP contribution in [0.25, 0.3) is 0 Å². The molecule has 2 rings (SSSR count). The van der Waals surface area contributed by atoms with Crippen molar-refractivity contribution in [2.24, 2.45) is 0 Å². The molecule has 72 valence electrons. The SMILES string of the molecule is Fc1ccc(CNc2ccon2)cc1. The van der Waals surface area contributed by atoms with E-state index in [1.807, 2.05) is 0 Å². The highest BCUT2D eigenvalue weighted by Gasteiger charge is 1.96. The Balaban J connectivity index is 1.95. The number of nitrogens with zero attached hydrogens (tertiary/aromatic N) is 1. The Bertz CT molecular complexity index is 383. The largest absolute Gasteiger partial charge is 0.363 e. The second-order valence-electron chi connectivity index (χ2n) is 2.86. The molecule has 1 N–H and O–H groups in total. The minimum atomic E-state index is -0.227. The summed E-state index contributed by atoms with van der Waals surface area (Å²) in [5.41, 5.74) is 0.995. The van der Waals surface area contributed by atoms with E-state index in [2.05, 4.69) is 15.0 Å². The molecule has 0 aliphatic heterocycles. The molecule has 0 saturated heterocycles. The predicted molar refractivity (Wildman–Crippen MR) is 50.2 cm³/mol.